The molecular formula is C32H35N9O4. The van der Waals surface area contributed by atoms with E-state index in [1.165, 1.54) is 14.2 Å². The van der Waals surface area contributed by atoms with Crippen molar-refractivity contribution in [3.63, 3.8) is 0 Å². The Morgan fingerprint density at radius 2 is 1.76 bits per heavy atom. The van der Waals surface area contributed by atoms with Crippen molar-refractivity contribution in [3.05, 3.63) is 77.9 Å². The normalized spacial score (nSPS) is 12.2. The van der Waals surface area contributed by atoms with Gasteiger partial charge in [-0.2, -0.15) is 0 Å². The van der Waals surface area contributed by atoms with Gasteiger partial charge in [-0.15, -0.1) is 10.2 Å². The zero-order valence-electron chi connectivity index (χ0n) is 25.8. The smallest absolute Gasteiger partial charge is 0.273 e. The number of hydrogen-bond donors (Lipinski definition) is 3. The van der Waals surface area contributed by atoms with E-state index in [2.05, 4.69) is 36.1 Å². The van der Waals surface area contributed by atoms with Crippen LogP contribution >= 0.6 is 0 Å². The highest BCUT2D eigenvalue weighted by atomic mass is 16.5. The summed E-state index contributed by atoms with van der Waals surface area (Å²) in [5.74, 6) is 0.728. The number of carbonyl (C=O) groups excluding carboxylic acids is 3. The average Bonchev–Trinajstić information content (AvgIpc) is 3.90. The summed E-state index contributed by atoms with van der Waals surface area (Å²) in [7, 11) is 8.60. The lowest BCUT2D eigenvalue weighted by Crippen LogP contribution is -2.27. The molecular weight excluding hydrogens is 574 g/mol. The number of methoxy groups -OCH3 is 1. The molecule has 1 aliphatic rings. The number of rotatable bonds is 11. The summed E-state index contributed by atoms with van der Waals surface area (Å²) < 4.78 is 5.79. The van der Waals surface area contributed by atoms with E-state index >= 15 is 0 Å². The van der Waals surface area contributed by atoms with E-state index in [4.69, 9.17) is 4.74 Å². The first-order valence-electron chi connectivity index (χ1n) is 14.4. The molecule has 0 unspecified atom stereocenters. The van der Waals surface area contributed by atoms with Gasteiger partial charge in [-0.3, -0.25) is 19.4 Å². The molecule has 1 aliphatic carbocycles. The van der Waals surface area contributed by atoms with E-state index in [1.807, 2.05) is 43.3 Å². The molecule has 0 spiro atoms. The second-order valence-corrected chi connectivity index (χ2v) is 10.9. The number of amides is 3. The summed E-state index contributed by atoms with van der Waals surface area (Å²) in [6.07, 6.45) is 5.06. The lowest BCUT2D eigenvalue weighted by Gasteiger charge is -2.18. The van der Waals surface area contributed by atoms with Crippen molar-refractivity contribution in [1.82, 2.24) is 30.4 Å². The van der Waals surface area contributed by atoms with Crippen LogP contribution in [-0.4, -0.2) is 78.1 Å². The number of nitrogens with zero attached hydrogens (tertiary/aromatic N) is 6. The third kappa shape index (κ3) is 7.15. The molecule has 232 valence electrons. The maximum Gasteiger partial charge on any atom is 0.273 e. The van der Waals surface area contributed by atoms with Gasteiger partial charge in [0.25, 0.3) is 11.8 Å². The number of nitrogens with one attached hydrogen (secondary N) is 3. The first kappa shape index (κ1) is 30.9. The average molecular weight is 610 g/mol. The molecule has 4 aromatic rings. The Balaban J connectivity index is 1.36. The molecule has 1 saturated carbocycles. The van der Waals surface area contributed by atoms with Crippen LogP contribution in [-0.2, 0) is 11.3 Å². The number of hydrogen-bond acceptors (Lipinski definition) is 10. The van der Waals surface area contributed by atoms with E-state index in [1.54, 1.807) is 48.6 Å². The maximum absolute atomic E-state index is 13.1. The minimum absolute atomic E-state index is 0.0212. The van der Waals surface area contributed by atoms with Gasteiger partial charge in [0.2, 0.25) is 5.91 Å². The molecule has 45 heavy (non-hydrogen) atoms. The topological polar surface area (TPSA) is 155 Å². The van der Waals surface area contributed by atoms with Crippen LogP contribution in [0.2, 0.25) is 0 Å². The van der Waals surface area contributed by atoms with Gasteiger partial charge < -0.3 is 30.5 Å². The van der Waals surface area contributed by atoms with Crippen LogP contribution in [0.25, 0.3) is 11.1 Å². The molecule has 1 aromatic carbocycles. The van der Waals surface area contributed by atoms with Gasteiger partial charge in [0.1, 0.15) is 17.3 Å². The standard InChI is InChI=1S/C32H35N9O4/c1-33-31(43)28-25(15-26(38-39-28)37-30(42)20-10-11-20)36-23-8-6-7-22(29(23)45-5)21-12-13-24(34-17-21)32(44)41(4)18-19-9-14-27(35-16-19)40(2)3/h6-9,12-17,20H,10-11,18H2,1-5H3,(H,33,43)(H2,36,37,38,42). The van der Waals surface area contributed by atoms with Gasteiger partial charge in [-0.25, -0.2) is 4.98 Å². The summed E-state index contributed by atoms with van der Waals surface area (Å²) in [5, 5.41) is 16.6. The first-order chi connectivity index (χ1) is 21.7. The molecule has 1 fully saturated rings. The highest BCUT2D eigenvalue weighted by molar-refractivity contribution is 6.00. The minimum atomic E-state index is -0.448. The van der Waals surface area contributed by atoms with Crippen LogP contribution in [0.1, 0.15) is 39.4 Å². The number of carbonyl (C=O) groups is 3. The van der Waals surface area contributed by atoms with Crippen LogP contribution < -0.4 is 25.6 Å². The molecule has 0 atom stereocenters. The minimum Gasteiger partial charge on any atom is -0.494 e. The third-order valence-corrected chi connectivity index (χ3v) is 7.25. The second kappa shape index (κ2) is 13.4. The monoisotopic (exact) mass is 609 g/mol. The fourth-order valence-corrected chi connectivity index (χ4v) is 4.63. The SMILES string of the molecule is CNC(=O)c1nnc(NC(=O)C2CC2)cc1Nc1cccc(-c2ccc(C(=O)N(C)Cc3ccc(N(C)C)nc3)nc2)c1OC. The third-order valence-electron chi connectivity index (χ3n) is 7.25. The number of para-hydroxylation sites is 1. The predicted molar refractivity (Wildman–Crippen MR) is 171 cm³/mol. The molecule has 3 N–H and O–H groups in total. The summed E-state index contributed by atoms with van der Waals surface area (Å²) >= 11 is 0. The number of aromatic nitrogens is 4. The lowest BCUT2D eigenvalue weighted by atomic mass is 10.0. The zero-order chi connectivity index (χ0) is 32.1. The number of ether oxygens (including phenoxy) is 1. The molecule has 3 heterocycles. The Morgan fingerprint density at radius 1 is 0.956 bits per heavy atom. The molecule has 5 rings (SSSR count). The number of anilines is 4. The molecule has 0 bridgehead atoms. The fraction of sp³-hybridized carbons (Fsp3) is 0.281. The van der Waals surface area contributed by atoms with Gasteiger partial charge >= 0.3 is 0 Å². The van der Waals surface area contributed by atoms with Crippen molar-refractivity contribution >= 4 is 40.7 Å². The van der Waals surface area contributed by atoms with Crippen molar-refractivity contribution < 1.29 is 19.1 Å². The fourth-order valence-electron chi connectivity index (χ4n) is 4.63. The van der Waals surface area contributed by atoms with Gasteiger partial charge in [-0.1, -0.05) is 24.3 Å². The van der Waals surface area contributed by atoms with Crippen molar-refractivity contribution in [1.29, 1.82) is 0 Å². The van der Waals surface area contributed by atoms with Gasteiger partial charge in [0, 0.05) is 70.2 Å². The second-order valence-electron chi connectivity index (χ2n) is 10.9. The Hall–Kier alpha value is -5.59. The quantitative estimate of drug-likeness (QED) is 0.229. The van der Waals surface area contributed by atoms with Gasteiger partial charge in [0.15, 0.2) is 11.5 Å². The van der Waals surface area contributed by atoms with Crippen LogP contribution in [0.4, 0.5) is 23.0 Å². The van der Waals surface area contributed by atoms with Crippen molar-refractivity contribution in [2.75, 3.05) is 50.8 Å². The Kier molecular flexibility index (Phi) is 9.17. The van der Waals surface area contributed by atoms with Crippen molar-refractivity contribution in [2.24, 2.45) is 5.92 Å². The largest absolute Gasteiger partial charge is 0.494 e. The summed E-state index contributed by atoms with van der Waals surface area (Å²) in [4.78, 5) is 50.4. The number of benzene rings is 1. The number of pyridine rings is 2. The molecule has 0 aliphatic heterocycles. The van der Waals surface area contributed by atoms with Crippen LogP contribution in [0.15, 0.2) is 60.9 Å². The Morgan fingerprint density at radius 3 is 2.38 bits per heavy atom. The molecule has 0 radical (unpaired) electrons. The maximum atomic E-state index is 13.1. The first-order valence-corrected chi connectivity index (χ1v) is 14.4. The molecule has 13 nitrogen and oxygen atoms in total. The molecule has 3 aromatic heterocycles. The summed E-state index contributed by atoms with van der Waals surface area (Å²) in [5.41, 5.74) is 3.55. The Bertz CT molecular complexity index is 1710. The van der Waals surface area contributed by atoms with Crippen molar-refractivity contribution in [3.8, 4) is 16.9 Å². The molecule has 13 heteroatoms. The summed E-state index contributed by atoms with van der Waals surface area (Å²) in [6, 6.07) is 14.4. The Labute approximate surface area is 261 Å². The highest BCUT2D eigenvalue weighted by Crippen LogP contribution is 2.38. The van der Waals surface area contributed by atoms with Crippen LogP contribution in [0.5, 0.6) is 5.75 Å². The summed E-state index contributed by atoms with van der Waals surface area (Å²) in [6.45, 7) is 0.387. The van der Waals surface area contributed by atoms with E-state index in [0.29, 0.717) is 34.9 Å². The predicted octanol–water partition coefficient (Wildman–Crippen LogP) is 3.73. The van der Waals surface area contributed by atoms with E-state index in [-0.39, 0.29) is 29.2 Å². The molecule has 0 saturated heterocycles. The lowest BCUT2D eigenvalue weighted by molar-refractivity contribution is -0.117. The van der Waals surface area contributed by atoms with Crippen molar-refractivity contribution in [2.45, 2.75) is 19.4 Å². The van der Waals surface area contributed by atoms with Gasteiger partial charge in [-0.05, 0) is 36.6 Å². The van der Waals surface area contributed by atoms with Crippen LogP contribution in [0.3, 0.4) is 0 Å². The van der Waals surface area contributed by atoms with E-state index < -0.39 is 5.91 Å². The van der Waals surface area contributed by atoms with E-state index in [0.717, 1.165) is 29.8 Å². The highest BCUT2D eigenvalue weighted by Gasteiger charge is 2.30. The zero-order valence-corrected chi connectivity index (χ0v) is 25.8. The van der Waals surface area contributed by atoms with E-state index in [9.17, 15) is 14.4 Å². The molecule has 3 amide bonds. The van der Waals surface area contributed by atoms with Crippen LogP contribution in [0, 0.1) is 5.92 Å². The van der Waals surface area contributed by atoms with Gasteiger partial charge in [0.05, 0.1) is 18.5 Å².